The van der Waals surface area contributed by atoms with Gasteiger partial charge in [0.25, 0.3) is 0 Å². The van der Waals surface area contributed by atoms with E-state index in [-0.39, 0.29) is 12.5 Å². The first kappa shape index (κ1) is 13.4. The Balaban J connectivity index is 3.44. The number of hydrogen-bond donors (Lipinski definition) is 3. The Morgan fingerprint density at radius 1 is 1.50 bits per heavy atom. The summed E-state index contributed by atoms with van der Waals surface area (Å²) in [5.74, 6) is 0.240. The SMILES string of the molecule is CCCC(CCO)CNCCC(N)=O. The van der Waals surface area contributed by atoms with Gasteiger partial charge in [-0.25, -0.2) is 0 Å². The van der Waals surface area contributed by atoms with E-state index in [9.17, 15) is 4.79 Å². The fourth-order valence-corrected chi connectivity index (χ4v) is 1.46. The van der Waals surface area contributed by atoms with Crippen LogP contribution in [0, 0.1) is 5.92 Å². The van der Waals surface area contributed by atoms with Crippen LogP contribution in [0.25, 0.3) is 0 Å². The van der Waals surface area contributed by atoms with Crippen LogP contribution in [0.5, 0.6) is 0 Å². The van der Waals surface area contributed by atoms with E-state index < -0.39 is 0 Å². The average molecular weight is 202 g/mol. The van der Waals surface area contributed by atoms with Gasteiger partial charge in [-0.1, -0.05) is 13.3 Å². The van der Waals surface area contributed by atoms with Crippen molar-refractivity contribution in [1.82, 2.24) is 5.32 Å². The molecular formula is C10H22N2O2. The molecule has 0 bridgehead atoms. The molecule has 4 nitrogen and oxygen atoms in total. The lowest BCUT2D eigenvalue weighted by Crippen LogP contribution is -2.27. The molecule has 0 aliphatic heterocycles. The zero-order valence-electron chi connectivity index (χ0n) is 8.96. The van der Waals surface area contributed by atoms with Crippen LogP contribution >= 0.6 is 0 Å². The van der Waals surface area contributed by atoms with Crippen LogP contribution in [-0.4, -0.2) is 30.7 Å². The quantitative estimate of drug-likeness (QED) is 0.469. The van der Waals surface area contributed by atoms with Crippen molar-refractivity contribution in [3.05, 3.63) is 0 Å². The topological polar surface area (TPSA) is 75.3 Å². The summed E-state index contributed by atoms with van der Waals surface area (Å²) >= 11 is 0. The van der Waals surface area contributed by atoms with Gasteiger partial charge in [-0.05, 0) is 25.3 Å². The summed E-state index contributed by atoms with van der Waals surface area (Å²) in [5, 5.41) is 12.0. The third kappa shape index (κ3) is 8.01. The monoisotopic (exact) mass is 202 g/mol. The largest absolute Gasteiger partial charge is 0.396 e. The third-order valence-electron chi connectivity index (χ3n) is 2.22. The molecule has 0 radical (unpaired) electrons. The van der Waals surface area contributed by atoms with E-state index in [1.54, 1.807) is 0 Å². The molecule has 1 atom stereocenters. The Morgan fingerprint density at radius 3 is 2.71 bits per heavy atom. The summed E-state index contributed by atoms with van der Waals surface area (Å²) in [6.07, 6.45) is 3.46. The van der Waals surface area contributed by atoms with Gasteiger partial charge in [0.05, 0.1) is 0 Å². The molecule has 0 aromatic rings. The first-order chi connectivity index (χ1) is 6.70. The van der Waals surface area contributed by atoms with Gasteiger partial charge in [0, 0.05) is 19.6 Å². The van der Waals surface area contributed by atoms with E-state index in [1.807, 2.05) is 0 Å². The minimum atomic E-state index is -0.272. The highest BCUT2D eigenvalue weighted by Gasteiger charge is 2.06. The van der Waals surface area contributed by atoms with Gasteiger partial charge >= 0.3 is 0 Å². The first-order valence-electron chi connectivity index (χ1n) is 5.30. The second kappa shape index (κ2) is 8.97. The Labute approximate surface area is 85.9 Å². The van der Waals surface area contributed by atoms with Gasteiger partial charge < -0.3 is 16.2 Å². The van der Waals surface area contributed by atoms with Gasteiger partial charge in [0.2, 0.25) is 5.91 Å². The molecule has 1 unspecified atom stereocenters. The Morgan fingerprint density at radius 2 is 2.21 bits per heavy atom. The summed E-state index contributed by atoms with van der Waals surface area (Å²) in [4.78, 5) is 10.4. The van der Waals surface area contributed by atoms with Gasteiger partial charge in [-0.3, -0.25) is 4.79 Å². The Kier molecular flexibility index (Phi) is 8.57. The molecule has 0 saturated carbocycles. The first-order valence-corrected chi connectivity index (χ1v) is 5.30. The second-order valence-electron chi connectivity index (χ2n) is 3.59. The van der Waals surface area contributed by atoms with Crippen molar-refractivity contribution in [2.24, 2.45) is 11.7 Å². The third-order valence-corrected chi connectivity index (χ3v) is 2.22. The number of carbonyl (C=O) groups excluding carboxylic acids is 1. The normalized spacial score (nSPS) is 12.7. The minimum absolute atomic E-state index is 0.238. The molecule has 0 spiro atoms. The standard InChI is InChI=1S/C10H22N2O2/c1-2-3-9(5-7-13)8-12-6-4-10(11)14/h9,12-13H,2-8H2,1H3,(H2,11,14). The van der Waals surface area contributed by atoms with E-state index >= 15 is 0 Å². The fourth-order valence-electron chi connectivity index (χ4n) is 1.46. The smallest absolute Gasteiger partial charge is 0.218 e. The molecule has 0 fully saturated rings. The summed E-state index contributed by atoms with van der Waals surface area (Å²) < 4.78 is 0. The van der Waals surface area contributed by atoms with Crippen LogP contribution < -0.4 is 11.1 Å². The number of primary amides is 1. The van der Waals surface area contributed by atoms with E-state index in [2.05, 4.69) is 12.2 Å². The molecule has 0 rings (SSSR count). The predicted octanol–water partition coefficient (Wildman–Crippen LogP) is 0.250. The highest BCUT2D eigenvalue weighted by molar-refractivity contribution is 5.73. The van der Waals surface area contributed by atoms with Crippen molar-refractivity contribution >= 4 is 5.91 Å². The van der Waals surface area contributed by atoms with Crippen LogP contribution in [0.15, 0.2) is 0 Å². The number of carbonyl (C=O) groups is 1. The van der Waals surface area contributed by atoms with Crippen LogP contribution in [0.4, 0.5) is 0 Å². The van der Waals surface area contributed by atoms with Crippen LogP contribution in [0.3, 0.4) is 0 Å². The molecule has 0 saturated heterocycles. The molecule has 0 aromatic heterocycles. The number of amides is 1. The van der Waals surface area contributed by atoms with Crippen molar-refractivity contribution in [2.45, 2.75) is 32.6 Å². The van der Waals surface area contributed by atoms with Crippen LogP contribution in [0.1, 0.15) is 32.6 Å². The minimum Gasteiger partial charge on any atom is -0.396 e. The van der Waals surface area contributed by atoms with Gasteiger partial charge in [0.15, 0.2) is 0 Å². The number of rotatable bonds is 9. The van der Waals surface area contributed by atoms with E-state index in [4.69, 9.17) is 10.8 Å². The molecule has 84 valence electrons. The molecule has 4 heteroatoms. The summed E-state index contributed by atoms with van der Waals surface area (Å²) in [6, 6.07) is 0. The van der Waals surface area contributed by atoms with Crippen molar-refractivity contribution in [3.8, 4) is 0 Å². The molecular weight excluding hydrogens is 180 g/mol. The number of aliphatic hydroxyl groups excluding tert-OH is 1. The number of hydrogen-bond acceptors (Lipinski definition) is 3. The second-order valence-corrected chi connectivity index (χ2v) is 3.59. The highest BCUT2D eigenvalue weighted by Crippen LogP contribution is 2.08. The molecule has 4 N–H and O–H groups in total. The maximum absolute atomic E-state index is 10.4. The van der Waals surface area contributed by atoms with Crippen LogP contribution in [-0.2, 0) is 4.79 Å². The summed E-state index contributed by atoms with van der Waals surface area (Å²) in [5.41, 5.74) is 5.01. The lowest BCUT2D eigenvalue weighted by atomic mass is 10.0. The zero-order valence-corrected chi connectivity index (χ0v) is 8.96. The molecule has 0 heterocycles. The van der Waals surface area contributed by atoms with E-state index in [0.29, 0.717) is 18.9 Å². The lowest BCUT2D eigenvalue weighted by Gasteiger charge is -2.15. The Bertz CT molecular complexity index is 145. The zero-order chi connectivity index (χ0) is 10.8. The number of nitrogens with one attached hydrogen (secondary N) is 1. The Hall–Kier alpha value is -0.610. The molecule has 1 amide bonds. The number of nitrogens with two attached hydrogens (primary N) is 1. The molecule has 0 aliphatic rings. The summed E-state index contributed by atoms with van der Waals surface area (Å²) in [6.45, 7) is 3.87. The van der Waals surface area contributed by atoms with E-state index in [0.717, 1.165) is 25.8 Å². The van der Waals surface area contributed by atoms with Crippen molar-refractivity contribution in [3.63, 3.8) is 0 Å². The van der Waals surface area contributed by atoms with Crippen molar-refractivity contribution in [1.29, 1.82) is 0 Å². The average Bonchev–Trinajstić information content (AvgIpc) is 2.12. The maximum atomic E-state index is 10.4. The predicted molar refractivity (Wildman–Crippen MR) is 56.8 cm³/mol. The molecule has 14 heavy (non-hydrogen) atoms. The fraction of sp³-hybridized carbons (Fsp3) is 0.900. The maximum Gasteiger partial charge on any atom is 0.218 e. The van der Waals surface area contributed by atoms with Gasteiger partial charge in [-0.15, -0.1) is 0 Å². The molecule has 0 aliphatic carbocycles. The van der Waals surface area contributed by atoms with Gasteiger partial charge in [-0.2, -0.15) is 0 Å². The molecule has 0 aromatic carbocycles. The van der Waals surface area contributed by atoms with Crippen LogP contribution in [0.2, 0.25) is 0 Å². The van der Waals surface area contributed by atoms with Crippen molar-refractivity contribution < 1.29 is 9.90 Å². The number of aliphatic hydroxyl groups is 1. The highest BCUT2D eigenvalue weighted by atomic mass is 16.3. The van der Waals surface area contributed by atoms with Gasteiger partial charge in [0.1, 0.15) is 0 Å². The van der Waals surface area contributed by atoms with Crippen molar-refractivity contribution in [2.75, 3.05) is 19.7 Å². The summed E-state index contributed by atoms with van der Waals surface area (Å²) in [7, 11) is 0. The lowest BCUT2D eigenvalue weighted by molar-refractivity contribution is -0.117. The van der Waals surface area contributed by atoms with E-state index in [1.165, 1.54) is 0 Å².